The second kappa shape index (κ2) is 18.8. The number of ether oxygens (including phenoxy) is 1. The third-order valence-corrected chi connectivity index (χ3v) is 12.6. The van der Waals surface area contributed by atoms with Crippen LogP contribution in [0.1, 0.15) is 57.9 Å². The summed E-state index contributed by atoms with van der Waals surface area (Å²) < 4.78 is 149. The summed E-state index contributed by atoms with van der Waals surface area (Å²) in [5.74, 6) is -7.19. The molecule has 9 aromatic carbocycles. The monoisotopic (exact) mass is 950 g/mol. The third-order valence-electron chi connectivity index (χ3n) is 12.6. The van der Waals surface area contributed by atoms with Crippen LogP contribution in [0, 0.1) is 107 Å². The van der Waals surface area contributed by atoms with Gasteiger partial charge in [-0.15, -0.1) is 0 Å². The molecule has 69 heavy (non-hydrogen) atoms. The lowest BCUT2D eigenvalue weighted by atomic mass is 9.97. The van der Waals surface area contributed by atoms with Crippen LogP contribution < -0.4 is 4.74 Å². The van der Waals surface area contributed by atoms with Gasteiger partial charge in [0.1, 0.15) is 11.6 Å². The van der Waals surface area contributed by atoms with Crippen LogP contribution in [0.25, 0.3) is 65.0 Å². The van der Waals surface area contributed by atoms with E-state index < -0.39 is 46.5 Å². The van der Waals surface area contributed by atoms with Crippen molar-refractivity contribution in [1.29, 1.82) is 0 Å². The van der Waals surface area contributed by atoms with E-state index in [9.17, 15) is 43.9 Å². The molecule has 1 aliphatic heterocycles. The number of rotatable bonds is 0. The highest BCUT2D eigenvalue weighted by molar-refractivity contribution is 6.09. The van der Waals surface area contributed by atoms with Gasteiger partial charge in [0.15, 0.2) is 57.6 Å². The lowest BCUT2D eigenvalue weighted by molar-refractivity contribution is 0.180. The van der Waals surface area contributed by atoms with Gasteiger partial charge in [-0.05, 0) is 152 Å². The van der Waals surface area contributed by atoms with Gasteiger partial charge in [-0.25, -0.2) is 39.5 Å². The van der Waals surface area contributed by atoms with E-state index in [4.69, 9.17) is 9.15 Å². The molecule has 1 atom stereocenters. The van der Waals surface area contributed by atoms with Gasteiger partial charge in [0.05, 0.1) is 6.10 Å². The Morgan fingerprint density at radius 1 is 0.362 bits per heavy atom. The second-order valence-electron chi connectivity index (χ2n) is 17.6. The minimum Gasteiger partial charge on any atom is -0.487 e. The van der Waals surface area contributed by atoms with E-state index in [1.807, 2.05) is 19.1 Å². The van der Waals surface area contributed by atoms with Gasteiger partial charge in [0.2, 0.25) is 5.82 Å². The summed E-state index contributed by atoms with van der Waals surface area (Å²) in [5.41, 5.74) is 3.84. The molecule has 0 aliphatic carbocycles. The predicted molar refractivity (Wildman–Crippen MR) is 254 cm³/mol. The maximum atomic E-state index is 14.1. The average Bonchev–Trinajstić information content (AvgIpc) is 3.72. The minimum absolute atomic E-state index is 0.0286. The van der Waals surface area contributed by atoms with Crippen molar-refractivity contribution in [2.24, 2.45) is 0 Å². The van der Waals surface area contributed by atoms with Gasteiger partial charge in [-0.3, -0.25) is 0 Å². The van der Waals surface area contributed by atoms with Crippen molar-refractivity contribution in [2.45, 2.75) is 74.3 Å². The number of furan rings is 1. The van der Waals surface area contributed by atoms with Crippen LogP contribution in [0.2, 0.25) is 0 Å². The van der Waals surface area contributed by atoms with E-state index in [1.54, 1.807) is 101 Å². The van der Waals surface area contributed by atoms with Gasteiger partial charge < -0.3 is 9.15 Å². The van der Waals surface area contributed by atoms with Gasteiger partial charge in [-0.1, -0.05) is 72.8 Å². The van der Waals surface area contributed by atoms with Crippen LogP contribution in [0.4, 0.5) is 43.9 Å². The molecule has 0 bridgehead atoms. The topological polar surface area (TPSA) is 22.4 Å². The Morgan fingerprint density at radius 2 is 0.725 bits per heavy atom. The Kier molecular flexibility index (Phi) is 13.2. The second-order valence-corrected chi connectivity index (χ2v) is 17.6. The number of benzene rings is 9. The Bertz CT molecular complexity index is 3500. The molecule has 354 valence electrons. The number of hydrogen-bond donors (Lipinski definition) is 0. The molecule has 10 aromatic rings. The molecule has 0 fully saturated rings. The van der Waals surface area contributed by atoms with Crippen molar-refractivity contribution < 1.29 is 53.1 Å². The van der Waals surface area contributed by atoms with Crippen LogP contribution in [-0.2, 0) is 6.42 Å². The molecule has 0 saturated carbocycles. The van der Waals surface area contributed by atoms with Crippen LogP contribution in [0.15, 0.2) is 95.4 Å². The van der Waals surface area contributed by atoms with Crippen LogP contribution >= 0.6 is 0 Å². The molecule has 11 rings (SSSR count). The summed E-state index contributed by atoms with van der Waals surface area (Å²) >= 11 is 0. The summed E-state index contributed by atoms with van der Waals surface area (Å²) in [4.78, 5) is 0. The smallest absolute Gasteiger partial charge is 0.201 e. The highest BCUT2D eigenvalue weighted by Crippen LogP contribution is 2.37. The first kappa shape index (κ1) is 48.4. The molecule has 1 aliphatic rings. The number of halogens is 10. The van der Waals surface area contributed by atoms with Crippen molar-refractivity contribution >= 4 is 65.0 Å². The first-order valence-electron chi connectivity index (χ1n) is 22.0. The van der Waals surface area contributed by atoms with Crippen molar-refractivity contribution in [3.05, 3.63) is 194 Å². The number of aryl methyl sites for hydroxylation is 8. The highest BCUT2D eigenvalue weighted by Gasteiger charge is 2.24. The molecule has 0 N–H and O–H groups in total. The van der Waals surface area contributed by atoms with E-state index >= 15 is 0 Å². The van der Waals surface area contributed by atoms with E-state index in [1.165, 1.54) is 26.0 Å². The fourth-order valence-electron chi connectivity index (χ4n) is 8.64. The van der Waals surface area contributed by atoms with Crippen molar-refractivity contribution in [3.8, 4) is 5.75 Å². The fraction of sp³-hybridized carbons (Fsp3) is 0.193. The van der Waals surface area contributed by atoms with Crippen LogP contribution in [0.5, 0.6) is 5.75 Å². The van der Waals surface area contributed by atoms with Crippen molar-refractivity contribution in [2.75, 3.05) is 0 Å². The normalized spacial score (nSPS) is 13.2. The maximum absolute atomic E-state index is 14.1. The summed E-state index contributed by atoms with van der Waals surface area (Å²) in [6, 6.07) is 25.0. The molecule has 2 heterocycles. The Hall–Kier alpha value is -7.08. The van der Waals surface area contributed by atoms with E-state index in [0.29, 0.717) is 60.1 Å². The lowest BCUT2D eigenvalue weighted by Gasteiger charge is -2.24. The van der Waals surface area contributed by atoms with E-state index in [-0.39, 0.29) is 56.6 Å². The van der Waals surface area contributed by atoms with Crippen LogP contribution in [0.3, 0.4) is 0 Å². The van der Waals surface area contributed by atoms with Gasteiger partial charge in [-0.2, -0.15) is 4.39 Å². The molecule has 2 nitrogen and oxygen atoms in total. The Labute approximate surface area is 390 Å². The summed E-state index contributed by atoms with van der Waals surface area (Å²) in [5, 5.41) is 4.08. The predicted octanol–water partition coefficient (Wildman–Crippen LogP) is 17.5. The van der Waals surface area contributed by atoms with E-state index in [0.717, 1.165) is 29.2 Å². The fourth-order valence-corrected chi connectivity index (χ4v) is 8.64. The molecule has 0 saturated heterocycles. The highest BCUT2D eigenvalue weighted by atomic mass is 19.2. The number of hydrogen-bond acceptors (Lipinski definition) is 2. The van der Waals surface area contributed by atoms with Gasteiger partial charge >= 0.3 is 0 Å². The quantitative estimate of drug-likeness (QED) is 0.112. The third kappa shape index (κ3) is 8.70. The molecule has 0 radical (unpaired) electrons. The molecular formula is C57H44F10O2. The summed E-state index contributed by atoms with van der Waals surface area (Å²) in [7, 11) is 0. The first-order valence-corrected chi connectivity index (χ1v) is 22.0. The number of fused-ring (bicyclic) bond motifs is 10. The molecule has 1 aromatic heterocycles. The molecular weight excluding hydrogens is 907 g/mol. The average molecular weight is 951 g/mol. The molecule has 1 unspecified atom stereocenters. The SMILES string of the molecule is Cc1cc2c(c(F)c1F)OC(C)CC2.Cc1cc2ccc3cc(C)c(F)c(F)c3c2c(F)c1F.Cc1ccc2c(ccc3c(F)c(C)ccc32)c1F.Cc1ccc2c(oc3c(F)c(C)ccc32)c1F. The zero-order valence-corrected chi connectivity index (χ0v) is 38.7. The van der Waals surface area contributed by atoms with Crippen molar-refractivity contribution in [3.63, 3.8) is 0 Å². The van der Waals surface area contributed by atoms with Crippen LogP contribution in [-0.4, -0.2) is 6.10 Å². The van der Waals surface area contributed by atoms with Gasteiger partial charge in [0.25, 0.3) is 0 Å². The van der Waals surface area contributed by atoms with Crippen molar-refractivity contribution in [1.82, 2.24) is 0 Å². The van der Waals surface area contributed by atoms with Gasteiger partial charge in [0, 0.05) is 32.3 Å². The summed E-state index contributed by atoms with van der Waals surface area (Å²) in [6.07, 6.45) is 1.59. The van der Waals surface area contributed by atoms with E-state index in [2.05, 4.69) is 0 Å². The minimum atomic E-state index is -1.15. The molecule has 12 heteroatoms. The first-order chi connectivity index (χ1) is 32.7. The standard InChI is InChI=1S/C16H10F4.C16H12F2.C14H10F2O.C11H12F2O/c1-7-5-9-3-4-10-6-8(2)14(18)16(20)12(10)11(9)15(19)13(7)17;1-9-3-5-11-12-6-4-10(2)16(18)14(12)8-7-13(11)15(9)17;1-7-3-5-9-10-6-4-8(2)12(16)14(10)17-13(9)11(7)15;1-6-5-8-4-3-7(2)14-11(8)10(13)9(6)12/h3-6H,1-2H3;3-8H,1-2H3;3-6H,1-2H3;5,7H,3-4H2,1-2H3. The largest absolute Gasteiger partial charge is 0.487 e. The molecule has 0 amide bonds. The lowest BCUT2D eigenvalue weighted by Crippen LogP contribution is -2.20. The maximum Gasteiger partial charge on any atom is 0.201 e. The Morgan fingerprint density at radius 3 is 1.16 bits per heavy atom. The zero-order chi connectivity index (χ0) is 49.9. The Balaban J connectivity index is 0.000000125. The summed E-state index contributed by atoms with van der Waals surface area (Å²) in [6.45, 7) is 13.1. The zero-order valence-electron chi connectivity index (χ0n) is 38.7. The molecule has 0 spiro atoms.